The Kier molecular flexibility index (Phi) is 3.18. The fourth-order valence-electron chi connectivity index (χ4n) is 1.14. The zero-order valence-corrected chi connectivity index (χ0v) is 7.87. The Bertz CT molecular complexity index is 368. The monoisotopic (exact) mass is 193 g/mol. The van der Waals surface area contributed by atoms with Crippen molar-refractivity contribution in [3.05, 3.63) is 35.1 Å². The molecule has 0 aliphatic heterocycles. The van der Waals surface area contributed by atoms with Crippen molar-refractivity contribution in [2.75, 3.05) is 0 Å². The van der Waals surface area contributed by atoms with Crippen LogP contribution in [0.4, 0.5) is 4.39 Å². The predicted molar refractivity (Wildman–Crippen MR) is 51.7 cm³/mol. The van der Waals surface area contributed by atoms with Crippen molar-refractivity contribution in [2.45, 2.75) is 19.0 Å². The number of nitriles is 1. The predicted octanol–water partition coefficient (Wildman–Crippen LogP) is 1.04. The summed E-state index contributed by atoms with van der Waals surface area (Å²) in [6.45, 7) is 1.76. The van der Waals surface area contributed by atoms with Gasteiger partial charge in [0, 0.05) is 12.1 Å². The van der Waals surface area contributed by atoms with Crippen LogP contribution in [0.3, 0.4) is 0 Å². The summed E-state index contributed by atoms with van der Waals surface area (Å²) < 4.78 is 12.9. The van der Waals surface area contributed by atoms with Gasteiger partial charge in [0.15, 0.2) is 0 Å². The molecule has 0 spiro atoms. The van der Waals surface area contributed by atoms with Crippen molar-refractivity contribution in [1.82, 2.24) is 0 Å². The first kappa shape index (κ1) is 10.6. The summed E-state index contributed by atoms with van der Waals surface area (Å²) >= 11 is 0. The maximum atomic E-state index is 12.9. The lowest BCUT2D eigenvalue weighted by Crippen LogP contribution is -2.31. The van der Waals surface area contributed by atoms with Crippen LogP contribution in [0, 0.1) is 17.1 Å². The first-order valence-electron chi connectivity index (χ1n) is 4.27. The Balaban J connectivity index is 3.08. The van der Waals surface area contributed by atoms with E-state index in [1.165, 1.54) is 12.1 Å². The average molecular weight is 193 g/mol. The molecule has 1 rings (SSSR count). The number of benzene rings is 1. The fourth-order valence-corrected chi connectivity index (χ4v) is 1.14. The first-order chi connectivity index (χ1) is 6.56. The minimum Gasteiger partial charge on any atom is -0.326 e. The summed E-state index contributed by atoms with van der Waals surface area (Å²) in [5, 5.41) is 8.60. The van der Waals surface area contributed by atoms with Crippen LogP contribution in [0.1, 0.15) is 24.1 Å². The van der Waals surface area contributed by atoms with Crippen LogP contribution in [0.15, 0.2) is 18.2 Å². The van der Waals surface area contributed by atoms with E-state index in [2.05, 4.69) is 0 Å². The van der Waals surface area contributed by atoms with Gasteiger partial charge in [0.05, 0.1) is 5.56 Å². The highest BCUT2D eigenvalue weighted by molar-refractivity contribution is 5.36. The van der Waals surface area contributed by atoms with E-state index < -0.39 is 5.82 Å². The van der Waals surface area contributed by atoms with Gasteiger partial charge in [0.25, 0.3) is 0 Å². The molecule has 0 aromatic heterocycles. The minimum atomic E-state index is -0.534. The summed E-state index contributed by atoms with van der Waals surface area (Å²) in [4.78, 5) is 0. The number of hydrogen-bond donors (Lipinski definition) is 2. The Morgan fingerprint density at radius 1 is 1.43 bits per heavy atom. The second-order valence-corrected chi connectivity index (χ2v) is 3.24. The fraction of sp³-hybridized carbons (Fsp3) is 0.300. The van der Waals surface area contributed by atoms with E-state index in [1.54, 1.807) is 19.1 Å². The SMILES string of the molecule is C[C@H](N)[C@@H](N)c1ccc(F)c(C#N)c1. The molecule has 0 fully saturated rings. The van der Waals surface area contributed by atoms with E-state index in [-0.39, 0.29) is 17.6 Å². The molecule has 0 saturated heterocycles. The lowest BCUT2D eigenvalue weighted by atomic mass is 10.00. The highest BCUT2D eigenvalue weighted by Crippen LogP contribution is 2.16. The lowest BCUT2D eigenvalue weighted by molar-refractivity contribution is 0.583. The number of rotatable bonds is 2. The maximum Gasteiger partial charge on any atom is 0.140 e. The van der Waals surface area contributed by atoms with Crippen molar-refractivity contribution in [3.63, 3.8) is 0 Å². The molecule has 0 unspecified atom stereocenters. The van der Waals surface area contributed by atoms with Gasteiger partial charge in [-0.05, 0) is 24.6 Å². The van der Waals surface area contributed by atoms with E-state index in [1.807, 2.05) is 0 Å². The number of halogens is 1. The van der Waals surface area contributed by atoms with Gasteiger partial charge >= 0.3 is 0 Å². The second kappa shape index (κ2) is 4.18. The number of nitrogens with zero attached hydrogens (tertiary/aromatic N) is 1. The molecular weight excluding hydrogens is 181 g/mol. The van der Waals surface area contributed by atoms with Crippen molar-refractivity contribution >= 4 is 0 Å². The highest BCUT2D eigenvalue weighted by atomic mass is 19.1. The van der Waals surface area contributed by atoms with Crippen LogP contribution >= 0.6 is 0 Å². The quantitative estimate of drug-likeness (QED) is 0.736. The molecule has 4 N–H and O–H groups in total. The summed E-state index contributed by atoms with van der Waals surface area (Å²) in [6.07, 6.45) is 0. The van der Waals surface area contributed by atoms with Crippen molar-refractivity contribution in [3.8, 4) is 6.07 Å². The van der Waals surface area contributed by atoms with Crippen molar-refractivity contribution in [1.29, 1.82) is 5.26 Å². The average Bonchev–Trinajstić information content (AvgIpc) is 2.17. The van der Waals surface area contributed by atoms with Crippen LogP contribution in [0.25, 0.3) is 0 Å². The van der Waals surface area contributed by atoms with Gasteiger partial charge in [0.2, 0.25) is 0 Å². The van der Waals surface area contributed by atoms with Gasteiger partial charge in [0.1, 0.15) is 11.9 Å². The smallest absolute Gasteiger partial charge is 0.140 e. The topological polar surface area (TPSA) is 75.8 Å². The van der Waals surface area contributed by atoms with Gasteiger partial charge in [-0.1, -0.05) is 6.07 Å². The molecule has 0 amide bonds. The molecule has 0 bridgehead atoms. The van der Waals surface area contributed by atoms with Crippen LogP contribution < -0.4 is 11.5 Å². The summed E-state index contributed by atoms with van der Waals surface area (Å²) in [5.41, 5.74) is 12.0. The molecule has 2 atom stereocenters. The molecule has 1 aromatic rings. The van der Waals surface area contributed by atoms with Gasteiger partial charge < -0.3 is 11.5 Å². The molecule has 0 radical (unpaired) electrons. The maximum absolute atomic E-state index is 12.9. The van der Waals surface area contributed by atoms with Crippen LogP contribution in [0.5, 0.6) is 0 Å². The third-order valence-electron chi connectivity index (χ3n) is 2.06. The molecule has 14 heavy (non-hydrogen) atoms. The third kappa shape index (κ3) is 2.08. The molecule has 4 heteroatoms. The van der Waals surface area contributed by atoms with E-state index in [9.17, 15) is 4.39 Å². The second-order valence-electron chi connectivity index (χ2n) is 3.24. The first-order valence-corrected chi connectivity index (χ1v) is 4.27. The third-order valence-corrected chi connectivity index (χ3v) is 2.06. The zero-order valence-electron chi connectivity index (χ0n) is 7.87. The lowest BCUT2D eigenvalue weighted by Gasteiger charge is -2.15. The van der Waals surface area contributed by atoms with Crippen molar-refractivity contribution < 1.29 is 4.39 Å². The Morgan fingerprint density at radius 3 is 2.57 bits per heavy atom. The normalized spacial score (nSPS) is 14.5. The van der Waals surface area contributed by atoms with Gasteiger partial charge in [-0.3, -0.25) is 0 Å². The zero-order chi connectivity index (χ0) is 10.7. The van der Waals surface area contributed by atoms with Crippen LogP contribution in [0.2, 0.25) is 0 Å². The van der Waals surface area contributed by atoms with Gasteiger partial charge in [-0.2, -0.15) is 5.26 Å². The number of hydrogen-bond acceptors (Lipinski definition) is 3. The van der Waals surface area contributed by atoms with E-state index in [4.69, 9.17) is 16.7 Å². The minimum absolute atomic E-state index is 0.00130. The van der Waals surface area contributed by atoms with Crippen LogP contribution in [-0.4, -0.2) is 6.04 Å². The molecule has 3 nitrogen and oxygen atoms in total. The number of nitrogens with two attached hydrogens (primary N) is 2. The van der Waals surface area contributed by atoms with E-state index in [0.29, 0.717) is 5.56 Å². The molecule has 0 saturated carbocycles. The molecule has 0 aliphatic rings. The van der Waals surface area contributed by atoms with E-state index in [0.717, 1.165) is 0 Å². The summed E-state index contributed by atoms with van der Waals surface area (Å²) in [6, 6.07) is 5.37. The van der Waals surface area contributed by atoms with Crippen LogP contribution in [-0.2, 0) is 0 Å². The van der Waals surface area contributed by atoms with E-state index >= 15 is 0 Å². The summed E-state index contributed by atoms with van der Waals surface area (Å²) in [7, 11) is 0. The largest absolute Gasteiger partial charge is 0.326 e. The van der Waals surface area contributed by atoms with Gasteiger partial charge in [-0.25, -0.2) is 4.39 Å². The summed E-state index contributed by atoms with van der Waals surface area (Å²) in [5.74, 6) is -0.534. The van der Waals surface area contributed by atoms with Crippen molar-refractivity contribution in [2.24, 2.45) is 11.5 Å². The Labute approximate surface area is 82.1 Å². The Morgan fingerprint density at radius 2 is 2.07 bits per heavy atom. The standard InChI is InChI=1S/C10H12FN3/c1-6(13)10(14)7-2-3-9(11)8(4-7)5-12/h2-4,6,10H,13-14H2,1H3/t6-,10+/m0/s1. The van der Waals surface area contributed by atoms with Gasteiger partial charge in [-0.15, -0.1) is 0 Å². The molecular formula is C10H12FN3. The molecule has 74 valence electrons. The molecule has 0 aliphatic carbocycles. The highest BCUT2D eigenvalue weighted by Gasteiger charge is 2.12. The Hall–Kier alpha value is -1.44. The molecule has 1 aromatic carbocycles. The molecule has 0 heterocycles.